The van der Waals surface area contributed by atoms with E-state index in [0.717, 1.165) is 18.9 Å². The molecule has 19 heavy (non-hydrogen) atoms. The third kappa shape index (κ3) is 2.48. The van der Waals surface area contributed by atoms with Crippen molar-refractivity contribution in [1.82, 2.24) is 5.32 Å². The topological polar surface area (TPSA) is 21.3 Å². The monoisotopic (exact) mass is 279 g/mol. The van der Waals surface area contributed by atoms with E-state index in [0.29, 0.717) is 18.2 Å². The zero-order valence-corrected chi connectivity index (χ0v) is 13.0. The van der Waals surface area contributed by atoms with Gasteiger partial charge in [-0.2, -0.15) is 0 Å². The summed E-state index contributed by atoms with van der Waals surface area (Å²) in [5.41, 5.74) is 0.287. The van der Waals surface area contributed by atoms with Crippen LogP contribution in [0.15, 0.2) is 17.5 Å². The number of rotatable bonds is 4. The van der Waals surface area contributed by atoms with Crippen molar-refractivity contribution < 1.29 is 4.74 Å². The molecule has 0 aromatic carbocycles. The molecule has 4 unspecified atom stereocenters. The summed E-state index contributed by atoms with van der Waals surface area (Å²) in [6.45, 7) is 7.99. The van der Waals surface area contributed by atoms with Crippen molar-refractivity contribution in [2.75, 3.05) is 6.61 Å². The third-order valence-corrected chi connectivity index (χ3v) is 5.78. The lowest BCUT2D eigenvalue weighted by molar-refractivity contribution is -0.194. The first-order valence-corrected chi connectivity index (χ1v) is 8.37. The molecule has 2 nitrogen and oxygen atoms in total. The SMILES string of the molecule is CC(Cc1cccs1)NC1C2CCCOC2C1(C)C. The Kier molecular flexibility index (Phi) is 3.71. The van der Waals surface area contributed by atoms with E-state index in [2.05, 4.69) is 43.6 Å². The van der Waals surface area contributed by atoms with Gasteiger partial charge in [0.15, 0.2) is 0 Å². The molecule has 2 fully saturated rings. The van der Waals surface area contributed by atoms with Gasteiger partial charge in [-0.05, 0) is 37.6 Å². The Morgan fingerprint density at radius 3 is 3.11 bits per heavy atom. The predicted octanol–water partition coefficient (Wildman–Crippen LogP) is 3.47. The normalized spacial score (nSPS) is 34.4. The molecule has 0 bridgehead atoms. The minimum absolute atomic E-state index is 0.287. The highest BCUT2D eigenvalue weighted by Gasteiger charge is 2.57. The molecular weight excluding hydrogens is 254 g/mol. The van der Waals surface area contributed by atoms with Crippen LogP contribution in [0.1, 0.15) is 38.5 Å². The minimum Gasteiger partial charge on any atom is -0.377 e. The lowest BCUT2D eigenvalue weighted by Crippen LogP contribution is -2.70. The first kappa shape index (κ1) is 13.6. The van der Waals surface area contributed by atoms with Gasteiger partial charge < -0.3 is 10.1 Å². The lowest BCUT2D eigenvalue weighted by atomic mass is 9.55. The summed E-state index contributed by atoms with van der Waals surface area (Å²) < 4.78 is 5.97. The smallest absolute Gasteiger partial charge is 0.0684 e. The fraction of sp³-hybridized carbons (Fsp3) is 0.750. The van der Waals surface area contributed by atoms with Gasteiger partial charge in [0.25, 0.3) is 0 Å². The van der Waals surface area contributed by atoms with Crippen molar-refractivity contribution in [3.8, 4) is 0 Å². The van der Waals surface area contributed by atoms with Gasteiger partial charge in [0.2, 0.25) is 0 Å². The van der Waals surface area contributed by atoms with Crippen molar-refractivity contribution in [2.24, 2.45) is 11.3 Å². The van der Waals surface area contributed by atoms with Gasteiger partial charge >= 0.3 is 0 Å². The van der Waals surface area contributed by atoms with Gasteiger partial charge in [0.05, 0.1) is 6.10 Å². The molecule has 1 N–H and O–H groups in total. The second-order valence-corrected chi connectivity index (χ2v) is 7.78. The van der Waals surface area contributed by atoms with E-state index < -0.39 is 0 Å². The number of hydrogen-bond acceptors (Lipinski definition) is 3. The predicted molar refractivity (Wildman–Crippen MR) is 80.7 cm³/mol. The van der Waals surface area contributed by atoms with Crippen LogP contribution in [-0.2, 0) is 11.2 Å². The van der Waals surface area contributed by atoms with E-state index in [9.17, 15) is 0 Å². The highest BCUT2D eigenvalue weighted by molar-refractivity contribution is 7.09. The number of thiophene rings is 1. The summed E-state index contributed by atoms with van der Waals surface area (Å²) in [6.07, 6.45) is 4.18. The van der Waals surface area contributed by atoms with Crippen LogP contribution in [0.2, 0.25) is 0 Å². The molecule has 1 aromatic heterocycles. The van der Waals surface area contributed by atoms with Gasteiger partial charge in [-0.3, -0.25) is 0 Å². The Morgan fingerprint density at radius 1 is 1.53 bits per heavy atom. The standard InChI is InChI=1S/C16H25NOS/c1-11(10-12-6-5-9-19-12)17-14-13-7-4-8-18-15(13)16(14,2)3/h5-6,9,11,13-15,17H,4,7-8,10H2,1-3H3. The van der Waals surface area contributed by atoms with Gasteiger partial charge in [0, 0.05) is 34.9 Å². The van der Waals surface area contributed by atoms with E-state index in [-0.39, 0.29) is 5.41 Å². The average Bonchev–Trinajstić information content (AvgIpc) is 2.89. The van der Waals surface area contributed by atoms with E-state index in [1.807, 2.05) is 11.3 Å². The third-order valence-electron chi connectivity index (χ3n) is 4.88. The van der Waals surface area contributed by atoms with E-state index >= 15 is 0 Å². The van der Waals surface area contributed by atoms with Crippen LogP contribution in [0.3, 0.4) is 0 Å². The largest absolute Gasteiger partial charge is 0.377 e. The van der Waals surface area contributed by atoms with Crippen molar-refractivity contribution in [2.45, 2.75) is 58.2 Å². The lowest BCUT2D eigenvalue weighted by Gasteiger charge is -2.60. The van der Waals surface area contributed by atoms with Crippen molar-refractivity contribution in [3.05, 3.63) is 22.4 Å². The van der Waals surface area contributed by atoms with Crippen LogP contribution in [0, 0.1) is 11.3 Å². The number of nitrogens with one attached hydrogen (secondary N) is 1. The number of ether oxygens (including phenoxy) is 1. The van der Waals surface area contributed by atoms with Crippen LogP contribution in [0.4, 0.5) is 0 Å². The van der Waals surface area contributed by atoms with Crippen LogP contribution < -0.4 is 5.32 Å². The number of fused-ring (bicyclic) bond motifs is 1. The van der Waals surface area contributed by atoms with Crippen molar-refractivity contribution >= 4 is 11.3 Å². The quantitative estimate of drug-likeness (QED) is 0.911. The molecule has 0 radical (unpaired) electrons. The first-order chi connectivity index (χ1) is 9.09. The molecule has 0 amide bonds. The maximum Gasteiger partial charge on any atom is 0.0684 e. The zero-order chi connectivity index (χ0) is 13.5. The second kappa shape index (κ2) is 5.19. The molecule has 3 rings (SSSR count). The fourth-order valence-corrected chi connectivity index (χ4v) is 4.79. The molecule has 1 saturated carbocycles. The average molecular weight is 279 g/mol. The molecule has 2 aliphatic rings. The van der Waals surface area contributed by atoms with Gasteiger partial charge in [-0.1, -0.05) is 19.9 Å². The maximum atomic E-state index is 5.97. The van der Waals surface area contributed by atoms with Crippen LogP contribution >= 0.6 is 11.3 Å². The molecule has 3 heteroatoms. The molecule has 2 heterocycles. The summed E-state index contributed by atoms with van der Waals surface area (Å²) in [5, 5.41) is 6.04. The molecule has 1 aromatic rings. The van der Waals surface area contributed by atoms with E-state index in [4.69, 9.17) is 4.74 Å². The molecule has 1 aliphatic heterocycles. The van der Waals surface area contributed by atoms with Crippen molar-refractivity contribution in [3.63, 3.8) is 0 Å². The molecular formula is C16H25NOS. The summed E-state index contributed by atoms with van der Waals surface area (Å²) in [6, 6.07) is 5.55. The first-order valence-electron chi connectivity index (χ1n) is 7.49. The van der Waals surface area contributed by atoms with Crippen molar-refractivity contribution in [1.29, 1.82) is 0 Å². The highest BCUT2D eigenvalue weighted by atomic mass is 32.1. The maximum absolute atomic E-state index is 5.97. The zero-order valence-electron chi connectivity index (χ0n) is 12.2. The van der Waals surface area contributed by atoms with Crippen LogP contribution in [-0.4, -0.2) is 24.8 Å². The van der Waals surface area contributed by atoms with Crippen LogP contribution in [0.5, 0.6) is 0 Å². The van der Waals surface area contributed by atoms with Gasteiger partial charge in [-0.25, -0.2) is 0 Å². The minimum atomic E-state index is 0.287. The summed E-state index contributed by atoms with van der Waals surface area (Å²) in [7, 11) is 0. The Labute approximate surface area is 120 Å². The Balaban J connectivity index is 1.59. The second-order valence-electron chi connectivity index (χ2n) is 6.75. The Bertz CT molecular complexity index is 414. The molecule has 106 valence electrons. The molecule has 0 spiro atoms. The van der Waals surface area contributed by atoms with Gasteiger partial charge in [-0.15, -0.1) is 11.3 Å². The fourth-order valence-electron chi connectivity index (χ4n) is 3.96. The van der Waals surface area contributed by atoms with E-state index in [1.165, 1.54) is 17.7 Å². The van der Waals surface area contributed by atoms with Crippen LogP contribution in [0.25, 0.3) is 0 Å². The molecule has 1 aliphatic carbocycles. The number of hydrogen-bond donors (Lipinski definition) is 1. The van der Waals surface area contributed by atoms with E-state index in [1.54, 1.807) is 0 Å². The van der Waals surface area contributed by atoms with Gasteiger partial charge in [0.1, 0.15) is 0 Å². The highest BCUT2D eigenvalue weighted by Crippen LogP contribution is 2.51. The summed E-state index contributed by atoms with van der Waals surface area (Å²) >= 11 is 1.86. The summed E-state index contributed by atoms with van der Waals surface area (Å²) in [4.78, 5) is 1.48. The summed E-state index contributed by atoms with van der Waals surface area (Å²) in [5.74, 6) is 0.731. The molecule has 4 atom stereocenters. The Hall–Kier alpha value is -0.380. The Morgan fingerprint density at radius 2 is 2.37 bits per heavy atom. The molecule has 1 saturated heterocycles.